The van der Waals surface area contributed by atoms with Crippen LogP contribution in [0.2, 0.25) is 0 Å². The van der Waals surface area contributed by atoms with Gasteiger partial charge in [-0.15, -0.1) is 6.58 Å². The summed E-state index contributed by atoms with van der Waals surface area (Å²) >= 11 is 0. The molecule has 1 atom stereocenters. The van der Waals surface area contributed by atoms with Gasteiger partial charge in [-0.25, -0.2) is 22.3 Å². The molecule has 0 heterocycles. The van der Waals surface area contributed by atoms with Crippen molar-refractivity contribution in [2.45, 2.75) is 17.9 Å². The molecule has 1 amide bonds. The number of nitrogens with one attached hydrogen (secondary N) is 2. The van der Waals surface area contributed by atoms with E-state index in [9.17, 15) is 22.4 Å². The second-order valence-corrected chi connectivity index (χ2v) is 7.48. The number of carbonyl (C=O) groups is 2. The number of anilines is 1. The van der Waals surface area contributed by atoms with Crippen molar-refractivity contribution in [3.8, 4) is 0 Å². The molecule has 9 heteroatoms. The Morgan fingerprint density at radius 3 is 2.32 bits per heavy atom. The van der Waals surface area contributed by atoms with Gasteiger partial charge in [0.15, 0.2) is 6.10 Å². The van der Waals surface area contributed by atoms with Gasteiger partial charge in [0.2, 0.25) is 10.0 Å². The molecule has 28 heavy (non-hydrogen) atoms. The molecule has 0 fully saturated rings. The van der Waals surface area contributed by atoms with Crippen LogP contribution in [-0.2, 0) is 19.6 Å². The van der Waals surface area contributed by atoms with Crippen molar-refractivity contribution in [1.29, 1.82) is 0 Å². The molecule has 2 N–H and O–H groups in total. The first kappa shape index (κ1) is 21.3. The number of ether oxygens (including phenoxy) is 1. The van der Waals surface area contributed by atoms with Gasteiger partial charge in [-0.05, 0) is 55.5 Å². The highest BCUT2D eigenvalue weighted by Crippen LogP contribution is 2.13. The summed E-state index contributed by atoms with van der Waals surface area (Å²) in [4.78, 5) is 24.2. The maximum atomic E-state index is 12.9. The zero-order valence-corrected chi connectivity index (χ0v) is 15.8. The highest BCUT2D eigenvalue weighted by atomic mass is 32.2. The van der Waals surface area contributed by atoms with Crippen molar-refractivity contribution in [3.63, 3.8) is 0 Å². The summed E-state index contributed by atoms with van der Waals surface area (Å²) in [5, 5.41) is 2.50. The van der Waals surface area contributed by atoms with Crippen LogP contribution in [0.5, 0.6) is 0 Å². The van der Waals surface area contributed by atoms with Gasteiger partial charge in [0.25, 0.3) is 5.91 Å². The molecular weight excluding hydrogens is 387 g/mol. The van der Waals surface area contributed by atoms with E-state index in [1.165, 1.54) is 61.5 Å². The fraction of sp³-hybridized carbons (Fsp3) is 0.158. The fourth-order valence-electron chi connectivity index (χ4n) is 2.08. The Balaban J connectivity index is 1.98. The lowest BCUT2D eigenvalue weighted by molar-refractivity contribution is -0.123. The first-order valence-electron chi connectivity index (χ1n) is 8.21. The second-order valence-electron chi connectivity index (χ2n) is 5.71. The minimum atomic E-state index is -3.70. The van der Waals surface area contributed by atoms with E-state index in [0.717, 1.165) is 0 Å². The zero-order chi connectivity index (χ0) is 20.7. The maximum Gasteiger partial charge on any atom is 0.338 e. The van der Waals surface area contributed by atoms with E-state index in [0.29, 0.717) is 5.69 Å². The Morgan fingerprint density at radius 1 is 1.14 bits per heavy atom. The summed E-state index contributed by atoms with van der Waals surface area (Å²) in [7, 11) is -3.70. The Morgan fingerprint density at radius 2 is 1.75 bits per heavy atom. The van der Waals surface area contributed by atoms with Crippen LogP contribution in [0.4, 0.5) is 10.1 Å². The number of hydrogen-bond acceptors (Lipinski definition) is 5. The van der Waals surface area contributed by atoms with Gasteiger partial charge < -0.3 is 10.1 Å². The van der Waals surface area contributed by atoms with Crippen molar-refractivity contribution in [1.82, 2.24) is 4.72 Å². The minimum absolute atomic E-state index is 0.0204. The summed E-state index contributed by atoms with van der Waals surface area (Å²) in [5.41, 5.74) is 0.444. The van der Waals surface area contributed by atoms with Crippen molar-refractivity contribution >= 4 is 27.6 Å². The molecule has 2 rings (SSSR count). The van der Waals surface area contributed by atoms with Gasteiger partial charge in [-0.1, -0.05) is 6.08 Å². The van der Waals surface area contributed by atoms with Crippen LogP contribution in [0.3, 0.4) is 0 Å². The van der Waals surface area contributed by atoms with Crippen LogP contribution >= 0.6 is 0 Å². The smallest absolute Gasteiger partial charge is 0.338 e. The molecule has 0 aliphatic rings. The third-order valence-corrected chi connectivity index (χ3v) is 5.02. The average Bonchev–Trinajstić information content (AvgIpc) is 2.68. The van der Waals surface area contributed by atoms with E-state index >= 15 is 0 Å². The number of halogens is 1. The molecule has 148 valence electrons. The average molecular weight is 406 g/mol. The number of carbonyl (C=O) groups excluding carboxylic acids is 2. The molecule has 0 aliphatic carbocycles. The predicted octanol–water partition coefficient (Wildman–Crippen LogP) is 2.47. The molecule has 0 bridgehead atoms. The van der Waals surface area contributed by atoms with Gasteiger partial charge in [-0.3, -0.25) is 4.79 Å². The number of hydrogen-bond donors (Lipinski definition) is 2. The van der Waals surface area contributed by atoms with Gasteiger partial charge in [0, 0.05) is 12.2 Å². The van der Waals surface area contributed by atoms with Crippen LogP contribution < -0.4 is 10.0 Å². The molecule has 0 saturated carbocycles. The van der Waals surface area contributed by atoms with Crippen LogP contribution in [0.15, 0.2) is 66.1 Å². The highest BCUT2D eigenvalue weighted by molar-refractivity contribution is 7.89. The molecule has 2 aromatic rings. The Labute approximate surface area is 162 Å². The van der Waals surface area contributed by atoms with Crippen molar-refractivity contribution in [2.75, 3.05) is 11.9 Å². The van der Waals surface area contributed by atoms with Gasteiger partial charge in [-0.2, -0.15) is 0 Å². The molecule has 0 radical (unpaired) electrons. The number of amides is 1. The number of rotatable bonds is 8. The standard InChI is InChI=1S/C19H19FN2O5S/c1-3-12-21-28(25,26)17-10-4-14(5-11-17)19(24)27-13(2)18(23)22-16-8-6-15(20)7-9-16/h3-11,13,21H,1,12H2,2H3,(H,22,23)/t13-/m0/s1. The number of esters is 1. The summed E-state index contributed by atoms with van der Waals surface area (Å²) in [5.74, 6) is -1.82. The third-order valence-electron chi connectivity index (χ3n) is 3.58. The van der Waals surface area contributed by atoms with Crippen molar-refractivity contribution in [3.05, 3.63) is 72.6 Å². The van der Waals surface area contributed by atoms with Gasteiger partial charge in [0.1, 0.15) is 5.82 Å². The monoisotopic (exact) mass is 406 g/mol. The Kier molecular flexibility index (Phi) is 7.02. The van der Waals surface area contributed by atoms with E-state index < -0.39 is 33.8 Å². The first-order chi connectivity index (χ1) is 13.2. The second kappa shape index (κ2) is 9.25. The molecular formula is C19H19FN2O5S. The predicted molar refractivity (Wildman–Crippen MR) is 102 cm³/mol. The van der Waals surface area contributed by atoms with Gasteiger partial charge in [0.05, 0.1) is 10.5 Å². The Hall–Kier alpha value is -3.04. The van der Waals surface area contributed by atoms with E-state index in [2.05, 4.69) is 16.6 Å². The maximum absolute atomic E-state index is 12.9. The lowest BCUT2D eigenvalue weighted by atomic mass is 10.2. The summed E-state index contributed by atoms with van der Waals surface area (Å²) in [6, 6.07) is 10.2. The SMILES string of the molecule is C=CCNS(=O)(=O)c1ccc(C(=O)O[C@@H](C)C(=O)Nc2ccc(F)cc2)cc1. The molecule has 0 spiro atoms. The lowest BCUT2D eigenvalue weighted by Crippen LogP contribution is -2.30. The van der Waals surface area contributed by atoms with E-state index in [1.54, 1.807) is 0 Å². The van der Waals surface area contributed by atoms with Crippen molar-refractivity contribution in [2.24, 2.45) is 0 Å². The van der Waals surface area contributed by atoms with E-state index in [1.807, 2.05) is 0 Å². The largest absolute Gasteiger partial charge is 0.449 e. The van der Waals surface area contributed by atoms with Crippen LogP contribution in [0, 0.1) is 5.82 Å². The molecule has 2 aromatic carbocycles. The zero-order valence-electron chi connectivity index (χ0n) is 15.0. The van der Waals surface area contributed by atoms with E-state index in [4.69, 9.17) is 4.74 Å². The summed E-state index contributed by atoms with van der Waals surface area (Å²) in [6.45, 7) is 4.89. The molecule has 7 nitrogen and oxygen atoms in total. The van der Waals surface area contributed by atoms with Crippen molar-refractivity contribution < 1.29 is 27.1 Å². The number of benzene rings is 2. The quantitative estimate of drug-likeness (QED) is 0.518. The lowest BCUT2D eigenvalue weighted by Gasteiger charge is -2.14. The fourth-order valence-corrected chi connectivity index (χ4v) is 3.08. The normalized spacial score (nSPS) is 12.1. The summed E-state index contributed by atoms with van der Waals surface area (Å²) < 4.78 is 44.2. The topological polar surface area (TPSA) is 102 Å². The molecule has 0 aromatic heterocycles. The van der Waals surface area contributed by atoms with E-state index in [-0.39, 0.29) is 17.0 Å². The first-order valence-corrected chi connectivity index (χ1v) is 9.69. The highest BCUT2D eigenvalue weighted by Gasteiger charge is 2.20. The van der Waals surface area contributed by atoms with Crippen LogP contribution in [0.25, 0.3) is 0 Å². The molecule has 0 unspecified atom stereocenters. The summed E-state index contributed by atoms with van der Waals surface area (Å²) in [6.07, 6.45) is 0.289. The number of sulfonamides is 1. The third kappa shape index (κ3) is 5.73. The Bertz CT molecular complexity index is 957. The molecule has 0 saturated heterocycles. The van der Waals surface area contributed by atoms with Gasteiger partial charge >= 0.3 is 5.97 Å². The van der Waals surface area contributed by atoms with Crippen LogP contribution in [0.1, 0.15) is 17.3 Å². The molecule has 0 aliphatic heterocycles. The van der Waals surface area contributed by atoms with Crippen LogP contribution in [-0.4, -0.2) is 32.9 Å². The minimum Gasteiger partial charge on any atom is -0.449 e.